The molecule has 7 nitrogen and oxygen atoms in total. The molecule has 0 spiro atoms. The maximum Gasteiger partial charge on any atom is 0.337 e. The third-order valence-electron chi connectivity index (χ3n) is 4.59. The van der Waals surface area contributed by atoms with Crippen molar-refractivity contribution >= 4 is 27.4 Å². The van der Waals surface area contributed by atoms with Crippen LogP contribution in [-0.4, -0.2) is 40.7 Å². The lowest BCUT2D eigenvalue weighted by molar-refractivity contribution is 0.0600. The summed E-state index contributed by atoms with van der Waals surface area (Å²) in [5, 5.41) is -0.0138. The largest absolute Gasteiger partial charge is 0.496 e. The van der Waals surface area contributed by atoms with E-state index in [4.69, 9.17) is 25.8 Å². The van der Waals surface area contributed by atoms with Crippen LogP contribution in [0.1, 0.15) is 15.9 Å². The van der Waals surface area contributed by atoms with Crippen LogP contribution in [0.2, 0.25) is 5.02 Å². The number of pyridine rings is 1. The molecule has 0 unspecified atom stereocenters. The standard InChI is InChI=1S/C22H20ClNO6S/c1-28-19-7-6-14(15-5-4-8-24-12-15)9-17(19)13-31(26,27)20-11-16(22(25)30-3)10-18(23)21(20)29-2/h4-12H,13H2,1-3H3. The van der Waals surface area contributed by atoms with Gasteiger partial charge in [0.1, 0.15) is 10.6 Å². The zero-order valence-corrected chi connectivity index (χ0v) is 18.7. The third kappa shape index (κ3) is 4.81. The van der Waals surface area contributed by atoms with Gasteiger partial charge in [-0.1, -0.05) is 23.7 Å². The highest BCUT2D eigenvalue weighted by molar-refractivity contribution is 7.90. The molecule has 9 heteroatoms. The first-order chi connectivity index (χ1) is 14.8. The van der Waals surface area contributed by atoms with Crippen LogP contribution >= 0.6 is 11.6 Å². The first-order valence-corrected chi connectivity index (χ1v) is 11.1. The summed E-state index contributed by atoms with van der Waals surface area (Å²) in [4.78, 5) is 15.8. The quantitative estimate of drug-likeness (QED) is 0.487. The molecule has 0 fully saturated rings. The molecule has 0 amide bonds. The van der Waals surface area contributed by atoms with Gasteiger partial charge in [-0.05, 0) is 35.9 Å². The number of rotatable bonds is 7. The summed E-state index contributed by atoms with van der Waals surface area (Å²) in [6.07, 6.45) is 3.34. The van der Waals surface area contributed by atoms with Gasteiger partial charge in [-0.25, -0.2) is 13.2 Å². The van der Waals surface area contributed by atoms with Gasteiger partial charge in [-0.15, -0.1) is 0 Å². The number of ether oxygens (including phenoxy) is 3. The monoisotopic (exact) mass is 461 g/mol. The van der Waals surface area contributed by atoms with E-state index in [0.717, 1.165) is 11.1 Å². The Bertz CT molecular complexity index is 1210. The molecule has 1 heterocycles. The molecule has 0 saturated heterocycles. The molecule has 0 aliphatic heterocycles. The number of carbonyl (C=O) groups is 1. The van der Waals surface area contributed by atoms with E-state index < -0.39 is 21.6 Å². The zero-order valence-electron chi connectivity index (χ0n) is 17.1. The van der Waals surface area contributed by atoms with Crippen LogP contribution in [0, 0.1) is 0 Å². The molecule has 0 atom stereocenters. The number of aromatic nitrogens is 1. The number of esters is 1. The maximum atomic E-state index is 13.4. The molecule has 0 aliphatic rings. The highest BCUT2D eigenvalue weighted by Gasteiger charge is 2.26. The Morgan fingerprint density at radius 3 is 2.42 bits per heavy atom. The minimum absolute atomic E-state index is 0.00273. The van der Waals surface area contributed by atoms with E-state index in [0.29, 0.717) is 11.3 Å². The van der Waals surface area contributed by atoms with Gasteiger partial charge in [0.05, 0.1) is 37.7 Å². The summed E-state index contributed by atoms with van der Waals surface area (Å²) < 4.78 is 42.0. The Balaban J connectivity index is 2.10. The summed E-state index contributed by atoms with van der Waals surface area (Å²) in [7, 11) is -0.0193. The van der Waals surface area contributed by atoms with E-state index in [9.17, 15) is 13.2 Å². The highest BCUT2D eigenvalue weighted by Crippen LogP contribution is 2.37. The molecule has 0 N–H and O–H groups in total. The summed E-state index contributed by atoms with van der Waals surface area (Å²) in [6.45, 7) is 0. The Morgan fingerprint density at radius 2 is 1.81 bits per heavy atom. The van der Waals surface area contributed by atoms with Crippen molar-refractivity contribution in [3.05, 3.63) is 71.0 Å². The van der Waals surface area contributed by atoms with E-state index in [1.807, 2.05) is 12.1 Å². The predicted molar refractivity (Wildman–Crippen MR) is 116 cm³/mol. The van der Waals surface area contributed by atoms with Gasteiger partial charge in [-0.3, -0.25) is 4.98 Å². The molecule has 0 bridgehead atoms. The molecular weight excluding hydrogens is 442 g/mol. The molecule has 0 saturated carbocycles. The van der Waals surface area contributed by atoms with Crippen LogP contribution in [0.4, 0.5) is 0 Å². The fourth-order valence-corrected chi connectivity index (χ4v) is 5.05. The molecular formula is C22H20ClNO6S. The maximum absolute atomic E-state index is 13.4. The smallest absolute Gasteiger partial charge is 0.337 e. The van der Waals surface area contributed by atoms with Gasteiger partial charge in [-0.2, -0.15) is 0 Å². The minimum Gasteiger partial charge on any atom is -0.496 e. The molecule has 0 radical (unpaired) electrons. The number of halogens is 1. The molecule has 3 rings (SSSR count). The second-order valence-corrected chi connectivity index (χ2v) is 8.87. The summed E-state index contributed by atoms with van der Waals surface area (Å²) >= 11 is 6.18. The minimum atomic E-state index is -3.99. The van der Waals surface area contributed by atoms with E-state index in [1.54, 1.807) is 30.6 Å². The average Bonchev–Trinajstić information content (AvgIpc) is 2.78. The van der Waals surface area contributed by atoms with Crippen molar-refractivity contribution in [3.63, 3.8) is 0 Å². The van der Waals surface area contributed by atoms with Crippen LogP contribution < -0.4 is 9.47 Å². The first-order valence-electron chi connectivity index (χ1n) is 9.06. The molecule has 2 aromatic carbocycles. The number of nitrogens with zero attached hydrogens (tertiary/aromatic N) is 1. The van der Waals surface area contributed by atoms with Gasteiger partial charge in [0.2, 0.25) is 0 Å². The number of methoxy groups -OCH3 is 3. The molecule has 162 valence electrons. The van der Waals surface area contributed by atoms with Crippen LogP contribution in [-0.2, 0) is 20.3 Å². The second kappa shape index (κ2) is 9.36. The van der Waals surface area contributed by atoms with E-state index >= 15 is 0 Å². The van der Waals surface area contributed by atoms with E-state index in [1.165, 1.54) is 33.5 Å². The van der Waals surface area contributed by atoms with E-state index in [-0.39, 0.29) is 21.2 Å². The highest BCUT2D eigenvalue weighted by atomic mass is 35.5. The topological polar surface area (TPSA) is 91.8 Å². The fraction of sp³-hybridized carbons (Fsp3) is 0.182. The summed E-state index contributed by atoms with van der Waals surface area (Å²) in [5.41, 5.74) is 2.05. The van der Waals surface area contributed by atoms with Crippen LogP contribution in [0.25, 0.3) is 11.1 Å². The lowest BCUT2D eigenvalue weighted by Gasteiger charge is -2.15. The van der Waals surface area contributed by atoms with Gasteiger partial charge in [0.15, 0.2) is 15.6 Å². The Labute approximate surface area is 185 Å². The number of hydrogen-bond acceptors (Lipinski definition) is 7. The Hall–Kier alpha value is -3.10. The van der Waals surface area contributed by atoms with Crippen molar-refractivity contribution < 1.29 is 27.4 Å². The van der Waals surface area contributed by atoms with Crippen molar-refractivity contribution in [3.8, 4) is 22.6 Å². The normalized spacial score (nSPS) is 11.1. The summed E-state index contributed by atoms with van der Waals surface area (Å²) in [6, 6.07) is 11.4. The van der Waals surface area contributed by atoms with Gasteiger partial charge < -0.3 is 14.2 Å². The number of sulfone groups is 1. The summed E-state index contributed by atoms with van der Waals surface area (Å²) in [5.74, 6) is -0.749. The number of carbonyl (C=O) groups excluding carboxylic acids is 1. The van der Waals surface area contributed by atoms with Crippen LogP contribution in [0.3, 0.4) is 0 Å². The van der Waals surface area contributed by atoms with Crippen molar-refractivity contribution in [2.75, 3.05) is 21.3 Å². The molecule has 0 aliphatic carbocycles. The van der Waals surface area contributed by atoms with Crippen molar-refractivity contribution in [1.82, 2.24) is 4.98 Å². The fourth-order valence-electron chi connectivity index (χ4n) is 3.12. The average molecular weight is 462 g/mol. The van der Waals surface area contributed by atoms with Crippen LogP contribution in [0.15, 0.2) is 59.8 Å². The lowest BCUT2D eigenvalue weighted by atomic mass is 10.0. The molecule has 3 aromatic rings. The SMILES string of the molecule is COC(=O)c1cc(Cl)c(OC)c(S(=O)(=O)Cc2cc(-c3cccnc3)ccc2OC)c1. The van der Waals surface area contributed by atoms with Crippen molar-refractivity contribution in [2.24, 2.45) is 0 Å². The molecule has 31 heavy (non-hydrogen) atoms. The Kier molecular flexibility index (Phi) is 6.82. The predicted octanol–water partition coefficient (Wildman–Crippen LogP) is 4.18. The zero-order chi connectivity index (χ0) is 22.6. The molecule has 1 aromatic heterocycles. The third-order valence-corrected chi connectivity index (χ3v) is 6.54. The number of benzene rings is 2. The van der Waals surface area contributed by atoms with E-state index in [2.05, 4.69) is 4.98 Å². The second-order valence-electron chi connectivity index (χ2n) is 6.51. The Morgan fingerprint density at radius 1 is 1.03 bits per heavy atom. The van der Waals surface area contributed by atoms with Gasteiger partial charge in [0, 0.05) is 23.5 Å². The lowest BCUT2D eigenvalue weighted by Crippen LogP contribution is -2.11. The van der Waals surface area contributed by atoms with Crippen molar-refractivity contribution in [2.45, 2.75) is 10.6 Å². The van der Waals surface area contributed by atoms with Crippen molar-refractivity contribution in [1.29, 1.82) is 0 Å². The van der Waals surface area contributed by atoms with Crippen LogP contribution in [0.5, 0.6) is 11.5 Å². The van der Waals surface area contributed by atoms with Gasteiger partial charge >= 0.3 is 5.97 Å². The van der Waals surface area contributed by atoms with Gasteiger partial charge in [0.25, 0.3) is 0 Å². The first kappa shape index (κ1) is 22.6. The number of hydrogen-bond donors (Lipinski definition) is 0.